The number of hydrogen-bond donors (Lipinski definition) is 4. The van der Waals surface area contributed by atoms with Gasteiger partial charge in [-0.15, -0.1) is 10.2 Å². The van der Waals surface area contributed by atoms with Crippen LogP contribution in [0.1, 0.15) is 25.3 Å². The summed E-state index contributed by atoms with van der Waals surface area (Å²) in [4.78, 5) is 11.3. The molecule has 2 aromatic carbocycles. The van der Waals surface area contributed by atoms with Crippen LogP contribution in [0.3, 0.4) is 0 Å². The monoisotopic (exact) mass is 408 g/mol. The molecule has 0 radical (unpaired) electrons. The zero-order valence-electron chi connectivity index (χ0n) is 16.3. The first-order valence-electron chi connectivity index (χ1n) is 9.42. The van der Waals surface area contributed by atoms with E-state index in [-0.39, 0.29) is 24.2 Å². The fourth-order valence-corrected chi connectivity index (χ4v) is 4.31. The van der Waals surface area contributed by atoms with Crippen molar-refractivity contribution in [2.75, 3.05) is 5.73 Å². The molecule has 3 aromatic rings. The molecule has 8 heteroatoms. The topological polar surface area (TPSA) is 121 Å². The van der Waals surface area contributed by atoms with Crippen molar-refractivity contribution >= 4 is 11.9 Å². The Labute approximate surface area is 172 Å². The SMILES string of the molecule is CC1(O)CC(NC(=O)O)(c2ccc(-c3nnc(N)cc3-c3ccccc3)cc2F)C1. The molecule has 4 rings (SSSR count). The third-order valence-corrected chi connectivity index (χ3v) is 5.37. The van der Waals surface area contributed by atoms with Gasteiger partial charge < -0.3 is 21.3 Å². The van der Waals surface area contributed by atoms with Crippen LogP contribution in [-0.4, -0.2) is 32.1 Å². The second-order valence-electron chi connectivity index (χ2n) is 7.95. The summed E-state index contributed by atoms with van der Waals surface area (Å²) in [7, 11) is 0. The predicted molar refractivity (Wildman–Crippen MR) is 110 cm³/mol. The zero-order valence-corrected chi connectivity index (χ0v) is 16.3. The Morgan fingerprint density at radius 3 is 2.40 bits per heavy atom. The highest BCUT2D eigenvalue weighted by Crippen LogP contribution is 2.49. The van der Waals surface area contributed by atoms with Gasteiger partial charge in [0.2, 0.25) is 0 Å². The standard InChI is InChI=1S/C22H21FN4O3/c1-21(30)11-22(12-21,25-20(28)29)16-8-7-14(9-17(16)23)19-15(10-18(24)26-27-19)13-5-3-2-4-6-13/h2-10,25,30H,11-12H2,1H3,(H2,24,26)(H,28,29). The predicted octanol–water partition coefficient (Wildman–Crippen LogP) is 3.54. The molecule has 1 heterocycles. The molecule has 1 fully saturated rings. The number of aliphatic hydroxyl groups is 1. The van der Waals surface area contributed by atoms with Crippen molar-refractivity contribution < 1.29 is 19.4 Å². The number of nitrogens with zero attached hydrogens (tertiary/aromatic N) is 2. The maximum Gasteiger partial charge on any atom is 0.405 e. The van der Waals surface area contributed by atoms with Crippen LogP contribution in [0.5, 0.6) is 0 Å². The van der Waals surface area contributed by atoms with Gasteiger partial charge in [0.15, 0.2) is 0 Å². The summed E-state index contributed by atoms with van der Waals surface area (Å²) in [5, 5.41) is 29.8. The number of nitrogens with two attached hydrogens (primary N) is 1. The van der Waals surface area contributed by atoms with Crippen molar-refractivity contribution in [1.29, 1.82) is 0 Å². The van der Waals surface area contributed by atoms with Gasteiger partial charge in [-0.3, -0.25) is 0 Å². The second-order valence-corrected chi connectivity index (χ2v) is 7.95. The number of aromatic nitrogens is 2. The number of rotatable bonds is 4. The van der Waals surface area contributed by atoms with Crippen LogP contribution in [0.4, 0.5) is 15.0 Å². The maximum atomic E-state index is 15.2. The van der Waals surface area contributed by atoms with E-state index >= 15 is 4.39 Å². The van der Waals surface area contributed by atoms with Gasteiger partial charge in [-0.2, -0.15) is 0 Å². The molecular formula is C22H21FN4O3. The maximum absolute atomic E-state index is 15.2. The van der Waals surface area contributed by atoms with Crippen LogP contribution in [0, 0.1) is 5.82 Å². The van der Waals surface area contributed by atoms with E-state index in [9.17, 15) is 15.0 Å². The number of amides is 1. The Kier molecular flexibility index (Phi) is 4.66. The Hall–Kier alpha value is -3.52. The number of carboxylic acid groups (broad SMARTS) is 1. The lowest BCUT2D eigenvalue weighted by Gasteiger charge is -2.51. The molecule has 0 aliphatic heterocycles. The first-order valence-corrected chi connectivity index (χ1v) is 9.42. The third kappa shape index (κ3) is 3.57. The van der Waals surface area contributed by atoms with Crippen molar-refractivity contribution in [3.63, 3.8) is 0 Å². The lowest BCUT2D eigenvalue weighted by Crippen LogP contribution is -2.62. The first kappa shape index (κ1) is 19.8. The fraction of sp³-hybridized carbons (Fsp3) is 0.227. The molecule has 0 bridgehead atoms. The van der Waals surface area contributed by atoms with Gasteiger partial charge in [-0.25, -0.2) is 9.18 Å². The van der Waals surface area contributed by atoms with Crippen LogP contribution < -0.4 is 11.1 Å². The van der Waals surface area contributed by atoms with E-state index in [1.54, 1.807) is 19.1 Å². The summed E-state index contributed by atoms with van der Waals surface area (Å²) < 4.78 is 15.2. The summed E-state index contributed by atoms with van der Waals surface area (Å²) in [5.74, 6) is -0.342. The summed E-state index contributed by atoms with van der Waals surface area (Å²) >= 11 is 0. The van der Waals surface area contributed by atoms with Gasteiger partial charge in [-0.1, -0.05) is 42.5 Å². The van der Waals surface area contributed by atoms with E-state index in [1.165, 1.54) is 12.1 Å². The summed E-state index contributed by atoms with van der Waals surface area (Å²) in [6, 6.07) is 15.6. The number of nitrogen functional groups attached to an aromatic ring is 1. The third-order valence-electron chi connectivity index (χ3n) is 5.37. The van der Waals surface area contributed by atoms with Gasteiger partial charge in [0.1, 0.15) is 17.3 Å². The average molecular weight is 408 g/mol. The van der Waals surface area contributed by atoms with Gasteiger partial charge in [0, 0.05) is 29.5 Å². The summed E-state index contributed by atoms with van der Waals surface area (Å²) in [5.41, 5.74) is 6.28. The fourth-order valence-electron chi connectivity index (χ4n) is 4.31. The lowest BCUT2D eigenvalue weighted by molar-refractivity contribution is -0.0869. The van der Waals surface area contributed by atoms with Crippen LogP contribution >= 0.6 is 0 Å². The smallest absolute Gasteiger partial charge is 0.405 e. The largest absolute Gasteiger partial charge is 0.465 e. The van der Waals surface area contributed by atoms with E-state index in [0.29, 0.717) is 16.8 Å². The molecule has 1 aliphatic rings. The molecule has 0 atom stereocenters. The Morgan fingerprint density at radius 2 is 1.80 bits per heavy atom. The minimum atomic E-state index is -1.27. The van der Waals surface area contributed by atoms with Crippen LogP contribution in [-0.2, 0) is 5.54 Å². The molecule has 1 saturated carbocycles. The van der Waals surface area contributed by atoms with Gasteiger partial charge in [0.25, 0.3) is 0 Å². The second kappa shape index (κ2) is 7.07. The molecule has 0 saturated heterocycles. The quantitative estimate of drug-likeness (QED) is 0.524. The first-order chi connectivity index (χ1) is 14.2. The van der Waals surface area contributed by atoms with E-state index in [4.69, 9.17) is 5.73 Å². The zero-order chi connectivity index (χ0) is 21.5. The Balaban J connectivity index is 1.77. The molecule has 5 N–H and O–H groups in total. The van der Waals surface area contributed by atoms with E-state index in [0.717, 1.165) is 5.56 Å². The number of anilines is 1. The molecule has 1 aromatic heterocycles. The van der Waals surface area contributed by atoms with Crippen molar-refractivity contribution in [2.24, 2.45) is 0 Å². The summed E-state index contributed by atoms with van der Waals surface area (Å²) in [6.45, 7) is 1.59. The number of halogens is 1. The minimum absolute atomic E-state index is 0.0828. The molecule has 1 aliphatic carbocycles. The molecule has 1 amide bonds. The molecular weight excluding hydrogens is 387 g/mol. The van der Waals surface area contributed by atoms with Gasteiger partial charge in [-0.05, 0) is 24.6 Å². The average Bonchev–Trinajstić information content (AvgIpc) is 2.66. The van der Waals surface area contributed by atoms with E-state index in [2.05, 4.69) is 15.5 Å². The molecule has 7 nitrogen and oxygen atoms in total. The molecule has 154 valence electrons. The molecule has 30 heavy (non-hydrogen) atoms. The molecule has 0 unspecified atom stereocenters. The Morgan fingerprint density at radius 1 is 1.10 bits per heavy atom. The highest BCUT2D eigenvalue weighted by atomic mass is 19.1. The number of nitrogens with one attached hydrogen (secondary N) is 1. The van der Waals surface area contributed by atoms with E-state index in [1.807, 2.05) is 30.3 Å². The number of benzene rings is 2. The Bertz CT molecular complexity index is 1110. The van der Waals surface area contributed by atoms with Gasteiger partial charge in [0.05, 0.1) is 11.1 Å². The highest BCUT2D eigenvalue weighted by molar-refractivity contribution is 5.81. The van der Waals surface area contributed by atoms with Crippen LogP contribution in [0.25, 0.3) is 22.4 Å². The van der Waals surface area contributed by atoms with E-state index < -0.39 is 23.1 Å². The van der Waals surface area contributed by atoms with Gasteiger partial charge >= 0.3 is 6.09 Å². The van der Waals surface area contributed by atoms with Crippen molar-refractivity contribution in [2.45, 2.75) is 30.9 Å². The lowest BCUT2D eigenvalue weighted by atomic mass is 9.62. The number of hydrogen-bond acceptors (Lipinski definition) is 5. The highest BCUT2D eigenvalue weighted by Gasteiger charge is 2.54. The van der Waals surface area contributed by atoms with Crippen molar-refractivity contribution in [3.8, 4) is 22.4 Å². The molecule has 0 spiro atoms. The van der Waals surface area contributed by atoms with Crippen LogP contribution in [0.2, 0.25) is 0 Å². The summed E-state index contributed by atoms with van der Waals surface area (Å²) in [6.07, 6.45) is -1.11. The van der Waals surface area contributed by atoms with Crippen LogP contribution in [0.15, 0.2) is 54.6 Å². The van der Waals surface area contributed by atoms with Crippen molar-refractivity contribution in [3.05, 3.63) is 66.0 Å². The minimum Gasteiger partial charge on any atom is -0.465 e. The number of carbonyl (C=O) groups is 1. The normalized spacial score (nSPS) is 22.9. The van der Waals surface area contributed by atoms with Crippen molar-refractivity contribution in [1.82, 2.24) is 15.5 Å².